The van der Waals surface area contributed by atoms with Crippen molar-refractivity contribution in [2.24, 2.45) is 0 Å². The van der Waals surface area contributed by atoms with Crippen molar-refractivity contribution in [3.8, 4) is 0 Å². The Morgan fingerprint density at radius 2 is 1.59 bits per heavy atom. The lowest BCUT2D eigenvalue weighted by atomic mass is 10.4. The van der Waals surface area contributed by atoms with Gasteiger partial charge in [-0.1, -0.05) is 18.2 Å². The van der Waals surface area contributed by atoms with Gasteiger partial charge in [0.1, 0.15) is 0 Å². The van der Waals surface area contributed by atoms with Crippen LogP contribution < -0.4 is 12.4 Å². The summed E-state index contributed by atoms with van der Waals surface area (Å²) in [6.07, 6.45) is 0.695. The average Bonchev–Trinajstić information content (AvgIpc) is 2.17. The minimum absolute atomic E-state index is 0. The van der Waals surface area contributed by atoms with Crippen molar-refractivity contribution in [1.82, 2.24) is 0 Å². The van der Waals surface area contributed by atoms with Crippen molar-refractivity contribution in [3.05, 3.63) is 30.3 Å². The number of benzene rings is 1. The number of hydrogen-bond donors (Lipinski definition) is 0. The lowest BCUT2D eigenvalue weighted by molar-refractivity contribution is -0.870. The number of sulfone groups is 1. The fourth-order valence-electron chi connectivity index (χ4n) is 1.47. The maximum atomic E-state index is 11.9. The Balaban J connectivity index is 0.00000256. The van der Waals surface area contributed by atoms with E-state index in [0.29, 0.717) is 11.3 Å². The molecular formula is C12H20ClNO2S. The quantitative estimate of drug-likeness (QED) is 0.618. The van der Waals surface area contributed by atoms with Crippen molar-refractivity contribution < 1.29 is 25.3 Å². The van der Waals surface area contributed by atoms with Gasteiger partial charge in [-0.2, -0.15) is 0 Å². The van der Waals surface area contributed by atoms with Crippen LogP contribution in [0.1, 0.15) is 6.42 Å². The largest absolute Gasteiger partial charge is 1.00 e. The Bertz CT molecular complexity index is 424. The molecule has 0 heterocycles. The third-order valence-corrected chi connectivity index (χ3v) is 4.16. The van der Waals surface area contributed by atoms with Crippen molar-refractivity contribution in [3.63, 3.8) is 0 Å². The van der Waals surface area contributed by atoms with Crippen LogP contribution >= 0.6 is 0 Å². The Kier molecular flexibility index (Phi) is 6.16. The van der Waals surface area contributed by atoms with Gasteiger partial charge in [-0.3, -0.25) is 0 Å². The maximum Gasteiger partial charge on any atom is 0.178 e. The first-order valence-corrected chi connectivity index (χ1v) is 7.05. The molecule has 5 heteroatoms. The van der Waals surface area contributed by atoms with Crippen LogP contribution in [0.2, 0.25) is 0 Å². The van der Waals surface area contributed by atoms with E-state index >= 15 is 0 Å². The summed E-state index contributed by atoms with van der Waals surface area (Å²) in [5.41, 5.74) is 0. The minimum Gasteiger partial charge on any atom is -1.00 e. The molecule has 0 amide bonds. The second kappa shape index (κ2) is 6.38. The van der Waals surface area contributed by atoms with Crippen LogP contribution in [0.15, 0.2) is 35.2 Å². The average molecular weight is 278 g/mol. The Morgan fingerprint density at radius 3 is 2.06 bits per heavy atom. The molecule has 98 valence electrons. The van der Waals surface area contributed by atoms with Gasteiger partial charge in [0.15, 0.2) is 9.84 Å². The van der Waals surface area contributed by atoms with E-state index in [9.17, 15) is 8.42 Å². The zero-order valence-electron chi connectivity index (χ0n) is 10.6. The molecule has 1 aromatic rings. The molecule has 0 aliphatic heterocycles. The van der Waals surface area contributed by atoms with Crippen LogP contribution in [0.4, 0.5) is 0 Å². The monoisotopic (exact) mass is 277 g/mol. The summed E-state index contributed by atoms with van der Waals surface area (Å²) in [6.45, 7) is 0.867. The van der Waals surface area contributed by atoms with Crippen LogP contribution in [0.5, 0.6) is 0 Å². The maximum absolute atomic E-state index is 11.9. The number of halogens is 1. The highest BCUT2D eigenvalue weighted by Gasteiger charge is 2.15. The van der Waals surface area contributed by atoms with Crippen LogP contribution in [-0.2, 0) is 9.84 Å². The molecule has 0 saturated carbocycles. The van der Waals surface area contributed by atoms with E-state index in [1.807, 2.05) is 6.07 Å². The number of quaternary nitrogens is 1. The molecule has 0 atom stereocenters. The zero-order valence-corrected chi connectivity index (χ0v) is 12.1. The van der Waals surface area contributed by atoms with Gasteiger partial charge in [-0.25, -0.2) is 8.42 Å². The van der Waals surface area contributed by atoms with Crippen molar-refractivity contribution in [2.45, 2.75) is 11.3 Å². The first-order chi connectivity index (χ1) is 7.31. The first-order valence-electron chi connectivity index (χ1n) is 5.39. The highest BCUT2D eigenvalue weighted by Crippen LogP contribution is 2.11. The lowest BCUT2D eigenvalue weighted by Gasteiger charge is -2.23. The van der Waals surface area contributed by atoms with Crippen LogP contribution in [-0.4, -0.2) is 46.3 Å². The normalized spacial score (nSPS) is 11.9. The Hall–Kier alpha value is -0.580. The predicted octanol–water partition coefficient (Wildman–Crippen LogP) is -1.44. The predicted molar refractivity (Wildman–Crippen MR) is 66.0 cm³/mol. The van der Waals surface area contributed by atoms with E-state index in [2.05, 4.69) is 21.1 Å². The van der Waals surface area contributed by atoms with E-state index < -0.39 is 9.84 Å². The minimum atomic E-state index is -3.09. The third-order valence-electron chi connectivity index (χ3n) is 2.34. The van der Waals surface area contributed by atoms with Crippen molar-refractivity contribution in [2.75, 3.05) is 33.4 Å². The molecule has 0 bridgehead atoms. The number of rotatable bonds is 5. The number of hydrogen-bond acceptors (Lipinski definition) is 2. The van der Waals surface area contributed by atoms with Gasteiger partial charge in [0.2, 0.25) is 0 Å². The SMILES string of the molecule is C[N+](C)(C)CCCS(=O)(=O)c1ccccc1.[Cl-]. The molecule has 3 nitrogen and oxygen atoms in total. The summed E-state index contributed by atoms with van der Waals surface area (Å²) in [7, 11) is 3.10. The molecule has 1 rings (SSSR count). The topological polar surface area (TPSA) is 34.1 Å². The fraction of sp³-hybridized carbons (Fsp3) is 0.500. The molecule has 1 aromatic carbocycles. The highest BCUT2D eigenvalue weighted by molar-refractivity contribution is 7.91. The summed E-state index contributed by atoms with van der Waals surface area (Å²) >= 11 is 0. The lowest BCUT2D eigenvalue weighted by Crippen LogP contribution is -3.00. The van der Waals surface area contributed by atoms with Crippen LogP contribution in [0.3, 0.4) is 0 Å². The molecule has 0 saturated heterocycles. The van der Waals surface area contributed by atoms with Crippen LogP contribution in [0, 0.1) is 0 Å². The second-order valence-electron chi connectivity index (χ2n) is 5.00. The van der Waals surface area contributed by atoms with Gasteiger partial charge in [0, 0.05) is 6.42 Å². The summed E-state index contributed by atoms with van der Waals surface area (Å²) in [5.74, 6) is 0.229. The molecule has 17 heavy (non-hydrogen) atoms. The molecule has 0 fully saturated rings. The summed E-state index contributed by atoms with van der Waals surface area (Å²) in [6, 6.07) is 8.65. The van der Waals surface area contributed by atoms with E-state index in [1.165, 1.54) is 0 Å². The van der Waals surface area contributed by atoms with E-state index in [-0.39, 0.29) is 18.2 Å². The molecule has 0 N–H and O–H groups in total. The van der Waals surface area contributed by atoms with Gasteiger partial charge >= 0.3 is 0 Å². The molecule has 0 spiro atoms. The molecule has 0 aliphatic rings. The second-order valence-corrected chi connectivity index (χ2v) is 7.11. The zero-order chi connectivity index (χ0) is 12.2. The Labute approximate surface area is 110 Å². The van der Waals surface area contributed by atoms with Gasteiger partial charge < -0.3 is 16.9 Å². The van der Waals surface area contributed by atoms with Gasteiger partial charge in [-0.05, 0) is 12.1 Å². The fourth-order valence-corrected chi connectivity index (χ4v) is 2.79. The number of nitrogens with zero attached hydrogens (tertiary/aromatic N) is 1. The molecule has 0 radical (unpaired) electrons. The molecule has 0 aliphatic carbocycles. The standard InChI is InChI=1S/C12H20NO2S.ClH/c1-13(2,3)10-7-11-16(14,15)12-8-5-4-6-9-12;/h4-6,8-9H,7,10-11H2,1-3H3;1H/q+1;/p-1. The highest BCUT2D eigenvalue weighted by atomic mass is 35.5. The summed E-state index contributed by atoms with van der Waals surface area (Å²) < 4.78 is 24.6. The van der Waals surface area contributed by atoms with E-state index in [0.717, 1.165) is 11.0 Å². The summed E-state index contributed by atoms with van der Waals surface area (Å²) in [4.78, 5) is 0.427. The first kappa shape index (κ1) is 16.4. The molecular weight excluding hydrogens is 258 g/mol. The van der Waals surface area contributed by atoms with Crippen molar-refractivity contribution in [1.29, 1.82) is 0 Å². The van der Waals surface area contributed by atoms with E-state index in [1.54, 1.807) is 24.3 Å². The smallest absolute Gasteiger partial charge is 0.178 e. The molecule has 0 unspecified atom stereocenters. The van der Waals surface area contributed by atoms with Gasteiger partial charge in [0.25, 0.3) is 0 Å². The third kappa shape index (κ3) is 6.05. The Morgan fingerprint density at radius 1 is 1.06 bits per heavy atom. The van der Waals surface area contributed by atoms with Gasteiger partial charge in [0.05, 0.1) is 38.3 Å². The van der Waals surface area contributed by atoms with Crippen LogP contribution in [0.25, 0.3) is 0 Å². The van der Waals surface area contributed by atoms with Crippen molar-refractivity contribution >= 4 is 9.84 Å². The van der Waals surface area contributed by atoms with E-state index in [4.69, 9.17) is 0 Å². The molecule has 0 aromatic heterocycles. The summed E-state index contributed by atoms with van der Waals surface area (Å²) in [5, 5.41) is 0. The van der Waals surface area contributed by atoms with Gasteiger partial charge in [-0.15, -0.1) is 0 Å².